The maximum absolute atomic E-state index is 12.1. The summed E-state index contributed by atoms with van der Waals surface area (Å²) in [5.74, 6) is -0.623. The normalized spacial score (nSPS) is 21.4. The Morgan fingerprint density at radius 2 is 2.10 bits per heavy atom. The smallest absolute Gasteiger partial charge is 0.305 e. The Morgan fingerprint density at radius 1 is 1.37 bits per heavy atom. The van der Waals surface area contributed by atoms with E-state index in [0.29, 0.717) is 18.5 Å². The third-order valence-electron chi connectivity index (χ3n) is 5.78. The number of nitrogens with one attached hydrogen (secondary N) is 1. The van der Waals surface area contributed by atoms with Gasteiger partial charge < -0.3 is 20.1 Å². The van der Waals surface area contributed by atoms with Gasteiger partial charge in [0.2, 0.25) is 5.95 Å². The molecule has 3 atom stereocenters. The first kappa shape index (κ1) is 22.0. The average molecular weight is 418 g/mol. The molecular weight excluding hydrogens is 386 g/mol. The van der Waals surface area contributed by atoms with Crippen LogP contribution >= 0.6 is 0 Å². The summed E-state index contributed by atoms with van der Waals surface area (Å²) >= 11 is 0. The maximum Gasteiger partial charge on any atom is 0.305 e. The summed E-state index contributed by atoms with van der Waals surface area (Å²) in [7, 11) is 0. The van der Waals surface area contributed by atoms with Crippen LogP contribution in [0.4, 0.5) is 5.95 Å². The van der Waals surface area contributed by atoms with Gasteiger partial charge >= 0.3 is 5.97 Å². The number of carbonyl (C=O) groups excluding carboxylic acids is 1. The first-order valence-electron chi connectivity index (χ1n) is 10.7. The van der Waals surface area contributed by atoms with E-state index < -0.39 is 11.7 Å². The van der Waals surface area contributed by atoms with E-state index in [1.165, 1.54) is 25.6 Å². The third-order valence-corrected chi connectivity index (χ3v) is 5.78. The summed E-state index contributed by atoms with van der Waals surface area (Å²) in [5, 5.41) is 10.5. The van der Waals surface area contributed by atoms with Crippen molar-refractivity contribution >= 4 is 23.1 Å². The minimum Gasteiger partial charge on any atom is -0.465 e. The number of nitrogens with zero attached hydrogens (tertiary/aromatic N) is 3. The number of aliphatic hydroxyl groups is 1. The largest absolute Gasteiger partial charge is 0.465 e. The molecule has 1 aliphatic carbocycles. The zero-order chi connectivity index (χ0) is 21.7. The molecule has 4 N–H and O–H groups in total. The number of carbonyl (C=O) groups is 1. The van der Waals surface area contributed by atoms with E-state index in [-0.39, 0.29) is 36.0 Å². The fourth-order valence-electron chi connectivity index (χ4n) is 4.02. The standard InChI is InChI=1S/C21H31N5O4/c1-3-4-5-6-7-8-9-17(28)30-11-14-13(2)15(10-16(14)27)26-12-23-18-19(26)24-21(22)25-20(18)29/h12,14-16,27H,2-11H2,1H3,(H3,22,24,25,29). The zero-order valence-corrected chi connectivity index (χ0v) is 17.5. The van der Waals surface area contributed by atoms with Crippen LogP contribution in [-0.2, 0) is 9.53 Å². The molecule has 0 spiro atoms. The number of unbranched alkanes of at least 4 members (excludes halogenated alkanes) is 5. The van der Waals surface area contributed by atoms with Crippen molar-refractivity contribution in [3.8, 4) is 0 Å². The van der Waals surface area contributed by atoms with E-state index in [9.17, 15) is 14.7 Å². The predicted octanol–water partition coefficient (Wildman–Crippen LogP) is 2.47. The van der Waals surface area contributed by atoms with E-state index >= 15 is 0 Å². The predicted molar refractivity (Wildman–Crippen MR) is 114 cm³/mol. The number of H-pyrrole nitrogens is 1. The lowest BCUT2D eigenvalue weighted by atomic mass is 10.0. The number of aromatic amines is 1. The molecule has 30 heavy (non-hydrogen) atoms. The first-order valence-corrected chi connectivity index (χ1v) is 10.7. The number of hydrogen-bond acceptors (Lipinski definition) is 7. The first-order chi connectivity index (χ1) is 14.4. The Kier molecular flexibility index (Phi) is 7.25. The van der Waals surface area contributed by atoms with E-state index in [2.05, 4.69) is 28.5 Å². The molecule has 2 aromatic heterocycles. The molecule has 0 bridgehead atoms. The van der Waals surface area contributed by atoms with Gasteiger partial charge in [0.15, 0.2) is 11.2 Å². The summed E-state index contributed by atoms with van der Waals surface area (Å²) in [6.45, 7) is 6.38. The fourth-order valence-corrected chi connectivity index (χ4v) is 4.02. The molecule has 3 rings (SSSR count). The molecule has 0 amide bonds. The van der Waals surface area contributed by atoms with Gasteiger partial charge in [0.05, 0.1) is 18.5 Å². The van der Waals surface area contributed by atoms with Gasteiger partial charge in [0.25, 0.3) is 5.56 Å². The van der Waals surface area contributed by atoms with Gasteiger partial charge in [-0.15, -0.1) is 0 Å². The highest BCUT2D eigenvalue weighted by Gasteiger charge is 2.39. The van der Waals surface area contributed by atoms with Gasteiger partial charge in [0, 0.05) is 12.3 Å². The molecule has 9 nitrogen and oxygen atoms in total. The quantitative estimate of drug-likeness (QED) is 0.307. The van der Waals surface area contributed by atoms with Crippen molar-refractivity contribution in [3.63, 3.8) is 0 Å². The number of nitrogen functional groups attached to an aromatic ring is 1. The molecule has 2 heterocycles. The lowest BCUT2D eigenvalue weighted by Gasteiger charge is -2.17. The summed E-state index contributed by atoms with van der Waals surface area (Å²) in [6.07, 6.45) is 8.18. The third kappa shape index (κ3) is 4.89. The number of esters is 1. The van der Waals surface area contributed by atoms with Crippen molar-refractivity contribution in [3.05, 3.63) is 28.8 Å². The summed E-state index contributed by atoms with van der Waals surface area (Å²) in [5.41, 5.74) is 6.48. The van der Waals surface area contributed by atoms with Crippen LogP contribution in [0.1, 0.15) is 64.3 Å². The molecule has 164 valence electrons. The molecule has 2 aromatic rings. The molecule has 1 fully saturated rings. The lowest BCUT2D eigenvalue weighted by Crippen LogP contribution is -2.22. The van der Waals surface area contributed by atoms with Gasteiger partial charge in [-0.2, -0.15) is 4.98 Å². The minimum absolute atomic E-state index is 0.00131. The molecule has 0 saturated heterocycles. The molecular formula is C21H31N5O4. The molecule has 1 saturated carbocycles. The topological polar surface area (TPSA) is 136 Å². The summed E-state index contributed by atoms with van der Waals surface area (Å²) in [4.78, 5) is 34.8. The highest BCUT2D eigenvalue weighted by Crippen LogP contribution is 2.40. The van der Waals surface area contributed by atoms with Gasteiger partial charge in [-0.1, -0.05) is 45.6 Å². The number of anilines is 1. The summed E-state index contributed by atoms with van der Waals surface area (Å²) in [6, 6.07) is -0.305. The maximum atomic E-state index is 12.1. The molecule has 0 aromatic carbocycles. The number of fused-ring (bicyclic) bond motifs is 1. The van der Waals surface area contributed by atoms with Crippen molar-refractivity contribution in [2.75, 3.05) is 12.3 Å². The number of aliphatic hydroxyl groups excluding tert-OH is 1. The van der Waals surface area contributed by atoms with Crippen LogP contribution in [0.15, 0.2) is 23.3 Å². The van der Waals surface area contributed by atoms with Crippen molar-refractivity contribution in [2.24, 2.45) is 5.92 Å². The van der Waals surface area contributed by atoms with Gasteiger partial charge in [0.1, 0.15) is 6.61 Å². The Morgan fingerprint density at radius 3 is 2.87 bits per heavy atom. The van der Waals surface area contributed by atoms with Gasteiger partial charge in [-0.3, -0.25) is 14.6 Å². The highest BCUT2D eigenvalue weighted by molar-refractivity contribution is 5.71. The van der Waals surface area contributed by atoms with Crippen molar-refractivity contribution < 1.29 is 14.6 Å². The Hall–Kier alpha value is -2.68. The van der Waals surface area contributed by atoms with Crippen LogP contribution in [0.25, 0.3) is 11.2 Å². The molecule has 9 heteroatoms. The van der Waals surface area contributed by atoms with Crippen LogP contribution in [0.5, 0.6) is 0 Å². The monoisotopic (exact) mass is 417 g/mol. The second-order valence-electron chi connectivity index (χ2n) is 7.98. The molecule has 0 aliphatic heterocycles. The van der Waals surface area contributed by atoms with Crippen molar-refractivity contribution in [1.29, 1.82) is 0 Å². The van der Waals surface area contributed by atoms with E-state index in [0.717, 1.165) is 24.8 Å². The molecule has 3 unspecified atom stereocenters. The number of imidazole rings is 1. The van der Waals surface area contributed by atoms with Crippen LogP contribution in [0, 0.1) is 5.92 Å². The summed E-state index contributed by atoms with van der Waals surface area (Å²) < 4.78 is 7.11. The zero-order valence-electron chi connectivity index (χ0n) is 17.5. The Balaban J connectivity index is 1.56. The SMILES string of the molecule is C=C1C(COC(=O)CCCCCCCC)C(O)CC1n1cnc2c(=O)[nH]c(N)nc21. The Bertz CT molecular complexity index is 951. The van der Waals surface area contributed by atoms with Crippen LogP contribution in [0.2, 0.25) is 0 Å². The van der Waals surface area contributed by atoms with Crippen LogP contribution in [-0.4, -0.2) is 43.3 Å². The number of ether oxygens (including phenoxy) is 1. The van der Waals surface area contributed by atoms with E-state index in [1.807, 2.05) is 0 Å². The number of aromatic nitrogens is 4. The van der Waals surface area contributed by atoms with Crippen LogP contribution < -0.4 is 11.3 Å². The Labute approximate surface area is 175 Å². The minimum atomic E-state index is -0.707. The van der Waals surface area contributed by atoms with E-state index in [4.69, 9.17) is 10.5 Å². The average Bonchev–Trinajstić information content (AvgIpc) is 3.23. The molecule has 0 radical (unpaired) electrons. The van der Waals surface area contributed by atoms with E-state index in [1.54, 1.807) is 4.57 Å². The number of rotatable bonds is 10. The van der Waals surface area contributed by atoms with Gasteiger partial charge in [-0.25, -0.2) is 4.98 Å². The number of hydrogen-bond donors (Lipinski definition) is 3. The molecule has 1 aliphatic rings. The lowest BCUT2D eigenvalue weighted by molar-refractivity contribution is -0.145. The number of nitrogens with two attached hydrogens (primary N) is 1. The van der Waals surface area contributed by atoms with Crippen molar-refractivity contribution in [2.45, 2.75) is 70.4 Å². The second kappa shape index (κ2) is 9.88. The van der Waals surface area contributed by atoms with Gasteiger partial charge in [-0.05, 0) is 18.4 Å². The second-order valence-corrected chi connectivity index (χ2v) is 7.98. The van der Waals surface area contributed by atoms with Crippen LogP contribution in [0.3, 0.4) is 0 Å². The fraction of sp³-hybridized carbons (Fsp3) is 0.619. The highest BCUT2D eigenvalue weighted by atomic mass is 16.5. The van der Waals surface area contributed by atoms with Crippen molar-refractivity contribution in [1.82, 2.24) is 19.5 Å².